The third kappa shape index (κ3) is 7.79. The van der Waals surface area contributed by atoms with Crippen LogP contribution in [0.25, 0.3) is 0 Å². The van der Waals surface area contributed by atoms with Crippen molar-refractivity contribution in [2.75, 3.05) is 6.54 Å². The van der Waals surface area contributed by atoms with E-state index in [1.54, 1.807) is 0 Å². The molecule has 0 rings (SSSR count). The second-order valence-electron chi connectivity index (χ2n) is 2.94. The van der Waals surface area contributed by atoms with E-state index in [0.717, 1.165) is 19.3 Å². The molecule has 80 valence electrons. The van der Waals surface area contributed by atoms with E-state index >= 15 is 0 Å². The number of amides is 2. The zero-order valence-corrected chi connectivity index (χ0v) is 9.60. The number of nitrogens with one attached hydrogen (secondary N) is 1. The minimum absolute atomic E-state index is 0.195. The molecule has 14 heavy (non-hydrogen) atoms. The lowest BCUT2D eigenvalue weighted by Gasteiger charge is -2.02. The Hall–Kier alpha value is -0.840. The maximum atomic E-state index is 11.0. The van der Waals surface area contributed by atoms with Crippen LogP contribution in [0.2, 0.25) is 0 Å². The first-order chi connectivity index (χ1) is 6.54. The molecule has 5 heteroatoms. The van der Waals surface area contributed by atoms with E-state index < -0.39 is 0 Å². The largest absolute Gasteiger partial charge is 0.370 e. The molecule has 0 saturated heterocycles. The highest BCUT2D eigenvalue weighted by Gasteiger charge is 2.01. The van der Waals surface area contributed by atoms with Crippen molar-refractivity contribution in [3.8, 4) is 0 Å². The summed E-state index contributed by atoms with van der Waals surface area (Å²) in [5.74, 6) is -0.470. The molecule has 0 aromatic rings. The molecule has 0 radical (unpaired) electrons. The Morgan fingerprint density at radius 2 is 1.93 bits per heavy atom. The summed E-state index contributed by atoms with van der Waals surface area (Å²) in [7, 11) is 0. The molecule has 0 aromatic heterocycles. The highest BCUT2D eigenvalue weighted by molar-refractivity contribution is 9.12. The number of halogens is 1. The fraction of sp³-hybridized carbons (Fsp3) is 0.556. The maximum Gasteiger partial charge on any atom is 0.257 e. The lowest BCUT2D eigenvalue weighted by Crippen LogP contribution is -2.23. The summed E-state index contributed by atoms with van der Waals surface area (Å²) in [5, 5.41) is 2.67. The maximum absolute atomic E-state index is 11.0. The molecule has 0 aromatic carbocycles. The van der Waals surface area contributed by atoms with Crippen molar-refractivity contribution in [1.82, 2.24) is 5.32 Å². The van der Waals surface area contributed by atoms with Gasteiger partial charge in [0.1, 0.15) is 0 Å². The fourth-order valence-electron chi connectivity index (χ4n) is 0.899. The number of nitrogens with two attached hydrogens (primary N) is 1. The Morgan fingerprint density at radius 3 is 2.43 bits per heavy atom. The predicted octanol–water partition coefficient (Wildman–Crippen LogP) is 1.06. The van der Waals surface area contributed by atoms with Crippen LogP contribution in [0.15, 0.2) is 11.1 Å². The number of carbonyl (C=O) groups is 2. The van der Waals surface area contributed by atoms with Gasteiger partial charge in [0.25, 0.3) is 5.91 Å². The van der Waals surface area contributed by atoms with Gasteiger partial charge < -0.3 is 11.1 Å². The van der Waals surface area contributed by atoms with Gasteiger partial charge in [0, 0.05) is 13.0 Å². The Kier molecular flexibility index (Phi) is 7.10. The smallest absolute Gasteiger partial charge is 0.257 e. The fourth-order valence-corrected chi connectivity index (χ4v) is 1.04. The van der Waals surface area contributed by atoms with Crippen LogP contribution in [-0.4, -0.2) is 18.4 Å². The molecule has 3 N–H and O–H groups in total. The Balaban J connectivity index is 3.26. The Morgan fingerprint density at radius 1 is 1.29 bits per heavy atom. The molecule has 0 aliphatic heterocycles. The molecule has 0 unspecified atom stereocenters. The van der Waals surface area contributed by atoms with E-state index in [9.17, 15) is 9.59 Å². The summed E-state index contributed by atoms with van der Waals surface area (Å²) in [5.41, 5.74) is 4.97. The van der Waals surface area contributed by atoms with E-state index in [1.165, 1.54) is 0 Å². The second kappa shape index (κ2) is 7.55. The van der Waals surface area contributed by atoms with Crippen molar-refractivity contribution in [1.29, 1.82) is 0 Å². The summed E-state index contributed by atoms with van der Waals surface area (Å²) in [6, 6.07) is 0. The first-order valence-corrected chi connectivity index (χ1v) is 5.24. The Labute approximate surface area is 92.0 Å². The lowest BCUT2D eigenvalue weighted by atomic mass is 10.2. The van der Waals surface area contributed by atoms with Gasteiger partial charge in [-0.1, -0.05) is 13.0 Å². The van der Waals surface area contributed by atoms with Crippen LogP contribution in [0.1, 0.15) is 25.7 Å². The van der Waals surface area contributed by atoms with Gasteiger partial charge in [0.15, 0.2) is 0 Å². The van der Waals surface area contributed by atoms with Crippen molar-refractivity contribution in [3.05, 3.63) is 11.1 Å². The molecule has 0 fully saturated rings. The van der Waals surface area contributed by atoms with E-state index in [2.05, 4.69) is 27.8 Å². The number of hydrogen-bond acceptors (Lipinski definition) is 2. The monoisotopic (exact) mass is 262 g/mol. The number of hydrogen-bond donors (Lipinski definition) is 2. The minimum Gasteiger partial charge on any atom is -0.370 e. The van der Waals surface area contributed by atoms with Gasteiger partial charge in [-0.2, -0.15) is 0 Å². The number of primary amides is 1. The van der Waals surface area contributed by atoms with Crippen molar-refractivity contribution < 1.29 is 9.59 Å². The van der Waals surface area contributed by atoms with Gasteiger partial charge in [-0.15, -0.1) is 0 Å². The average Bonchev–Trinajstić information content (AvgIpc) is 2.09. The van der Waals surface area contributed by atoms with Gasteiger partial charge in [-0.05, 0) is 28.8 Å². The molecule has 0 atom stereocenters. The molecule has 0 bridgehead atoms. The van der Waals surface area contributed by atoms with Crippen molar-refractivity contribution in [3.63, 3.8) is 0 Å². The first-order valence-electron chi connectivity index (χ1n) is 4.45. The molecule has 0 saturated carbocycles. The molecule has 0 aliphatic rings. The number of rotatable bonds is 7. The molecule has 0 aliphatic carbocycles. The van der Waals surface area contributed by atoms with E-state index in [0.29, 0.717) is 17.4 Å². The van der Waals surface area contributed by atoms with Crippen LogP contribution in [0.4, 0.5) is 0 Å². The zero-order valence-electron chi connectivity index (χ0n) is 8.01. The summed E-state index contributed by atoms with van der Waals surface area (Å²) < 4.78 is 0.328. The third-order valence-corrected chi connectivity index (χ3v) is 1.99. The standard InChI is InChI=1S/C9H15BrN2O2/c1-7(10)9(14)12-6-4-2-3-5-8(11)13/h1-6H2,(H2,11,13)(H,12,14). The quantitative estimate of drug-likeness (QED) is 0.532. The zero-order chi connectivity index (χ0) is 11.0. The molecular formula is C9H15BrN2O2. The van der Waals surface area contributed by atoms with Gasteiger partial charge in [0.2, 0.25) is 5.91 Å². The van der Waals surface area contributed by atoms with Crippen LogP contribution in [-0.2, 0) is 9.59 Å². The van der Waals surface area contributed by atoms with Crippen LogP contribution >= 0.6 is 15.9 Å². The second-order valence-corrected chi connectivity index (χ2v) is 3.90. The van der Waals surface area contributed by atoms with Crippen molar-refractivity contribution >= 4 is 27.7 Å². The third-order valence-electron chi connectivity index (χ3n) is 1.63. The normalized spacial score (nSPS) is 9.50. The highest BCUT2D eigenvalue weighted by atomic mass is 79.9. The van der Waals surface area contributed by atoms with E-state index in [1.807, 2.05) is 0 Å². The SMILES string of the molecule is C=C(Br)C(=O)NCCCCCC(N)=O. The van der Waals surface area contributed by atoms with Gasteiger partial charge in [-0.25, -0.2) is 0 Å². The van der Waals surface area contributed by atoms with Crippen molar-refractivity contribution in [2.45, 2.75) is 25.7 Å². The molecule has 0 spiro atoms. The summed E-state index contributed by atoms with van der Waals surface area (Å²) in [4.78, 5) is 21.3. The molecule has 0 heterocycles. The van der Waals surface area contributed by atoms with Gasteiger partial charge in [0.05, 0.1) is 4.48 Å². The molecule has 4 nitrogen and oxygen atoms in total. The van der Waals surface area contributed by atoms with Gasteiger partial charge >= 0.3 is 0 Å². The highest BCUT2D eigenvalue weighted by Crippen LogP contribution is 2.01. The molecule has 2 amide bonds. The summed E-state index contributed by atoms with van der Waals surface area (Å²) >= 11 is 2.97. The number of unbranched alkanes of at least 4 members (excludes halogenated alkanes) is 2. The van der Waals surface area contributed by atoms with E-state index in [-0.39, 0.29) is 11.8 Å². The number of carbonyl (C=O) groups excluding carboxylic acids is 2. The molecular weight excluding hydrogens is 248 g/mol. The van der Waals surface area contributed by atoms with Crippen LogP contribution in [0.3, 0.4) is 0 Å². The minimum atomic E-state index is -0.275. The lowest BCUT2D eigenvalue weighted by molar-refractivity contribution is -0.118. The summed E-state index contributed by atoms with van der Waals surface area (Å²) in [6.45, 7) is 4.04. The average molecular weight is 263 g/mol. The topological polar surface area (TPSA) is 72.2 Å². The van der Waals surface area contributed by atoms with Crippen LogP contribution < -0.4 is 11.1 Å². The summed E-state index contributed by atoms with van der Waals surface area (Å²) in [6.07, 6.45) is 2.93. The van der Waals surface area contributed by atoms with Crippen molar-refractivity contribution in [2.24, 2.45) is 5.73 Å². The predicted molar refractivity (Wildman–Crippen MR) is 58.7 cm³/mol. The van der Waals surface area contributed by atoms with Crippen LogP contribution in [0.5, 0.6) is 0 Å². The van der Waals surface area contributed by atoms with Gasteiger partial charge in [-0.3, -0.25) is 9.59 Å². The first kappa shape index (κ1) is 13.2. The van der Waals surface area contributed by atoms with Crippen LogP contribution in [0, 0.1) is 0 Å². The van der Waals surface area contributed by atoms with E-state index in [4.69, 9.17) is 5.73 Å². The Bertz CT molecular complexity index is 229.